The number of rotatable bonds is 6. The van der Waals surface area contributed by atoms with E-state index in [-0.39, 0.29) is 6.04 Å². The number of hydrogen-bond donors (Lipinski definition) is 1. The number of nitrogens with one attached hydrogen (secondary N) is 1. The average Bonchev–Trinajstić information content (AvgIpc) is 3.16. The maximum Gasteiger partial charge on any atom is 0.203 e. The highest BCUT2D eigenvalue weighted by atomic mass is 32.1. The average molecular weight is 348 g/mol. The van der Waals surface area contributed by atoms with E-state index in [1.807, 2.05) is 6.07 Å². The summed E-state index contributed by atoms with van der Waals surface area (Å²) in [6, 6.07) is 8.49. The Labute approximate surface area is 147 Å². The van der Waals surface area contributed by atoms with Crippen LogP contribution in [0, 0.1) is 0 Å². The van der Waals surface area contributed by atoms with E-state index in [9.17, 15) is 0 Å². The zero-order chi connectivity index (χ0) is 16.9. The summed E-state index contributed by atoms with van der Waals surface area (Å²) in [5.74, 6) is 2.08. The highest BCUT2D eigenvalue weighted by molar-refractivity contribution is 7.10. The second-order valence-corrected chi connectivity index (χ2v) is 6.61. The smallest absolute Gasteiger partial charge is 0.203 e. The van der Waals surface area contributed by atoms with Gasteiger partial charge in [-0.25, -0.2) is 0 Å². The highest BCUT2D eigenvalue weighted by Gasteiger charge is 2.29. The first-order valence-electron chi connectivity index (χ1n) is 8.07. The third kappa shape index (κ3) is 3.22. The van der Waals surface area contributed by atoms with Gasteiger partial charge in [0.15, 0.2) is 11.5 Å². The first-order chi connectivity index (χ1) is 11.8. The lowest BCUT2D eigenvalue weighted by atomic mass is 10.0. The lowest BCUT2D eigenvalue weighted by Gasteiger charge is -2.35. The van der Waals surface area contributed by atoms with Crippen molar-refractivity contribution in [2.24, 2.45) is 0 Å². The second-order valence-electron chi connectivity index (χ2n) is 5.63. The molecule has 2 heterocycles. The number of thiophene rings is 1. The zero-order valence-corrected chi connectivity index (χ0v) is 15.2. The molecule has 2 aromatic rings. The van der Waals surface area contributed by atoms with Gasteiger partial charge in [-0.2, -0.15) is 0 Å². The lowest BCUT2D eigenvalue weighted by molar-refractivity contribution is 0.196. The monoisotopic (exact) mass is 348 g/mol. The van der Waals surface area contributed by atoms with Gasteiger partial charge >= 0.3 is 0 Å². The van der Waals surface area contributed by atoms with Crippen LogP contribution >= 0.6 is 11.3 Å². The zero-order valence-electron chi connectivity index (χ0n) is 14.4. The fourth-order valence-corrected chi connectivity index (χ4v) is 4.13. The van der Waals surface area contributed by atoms with Crippen molar-refractivity contribution in [3.05, 3.63) is 40.1 Å². The molecule has 1 aliphatic heterocycles. The number of benzene rings is 1. The Morgan fingerprint density at radius 1 is 1.00 bits per heavy atom. The first-order valence-corrected chi connectivity index (χ1v) is 8.95. The summed E-state index contributed by atoms with van der Waals surface area (Å²) in [5.41, 5.74) is 1.11. The minimum absolute atomic E-state index is 0.154. The van der Waals surface area contributed by atoms with Crippen molar-refractivity contribution >= 4 is 11.3 Å². The Balaban J connectivity index is 2.10. The fourth-order valence-electron chi connectivity index (χ4n) is 3.26. The first kappa shape index (κ1) is 17.1. The molecular weight excluding hydrogens is 324 g/mol. The van der Waals surface area contributed by atoms with Gasteiger partial charge in [-0.3, -0.25) is 4.90 Å². The van der Waals surface area contributed by atoms with Crippen LogP contribution in [0.25, 0.3) is 0 Å². The molecule has 3 rings (SSSR count). The van der Waals surface area contributed by atoms with Crippen molar-refractivity contribution in [1.29, 1.82) is 0 Å². The van der Waals surface area contributed by atoms with Gasteiger partial charge in [0.05, 0.1) is 27.4 Å². The van der Waals surface area contributed by atoms with Crippen LogP contribution < -0.4 is 19.5 Å². The summed E-state index contributed by atoms with van der Waals surface area (Å²) in [6.07, 6.45) is 0. The Bertz CT molecular complexity index is 655. The fraction of sp³-hybridized carbons (Fsp3) is 0.444. The second kappa shape index (κ2) is 7.88. The van der Waals surface area contributed by atoms with E-state index in [4.69, 9.17) is 14.2 Å². The van der Waals surface area contributed by atoms with Crippen molar-refractivity contribution in [3.8, 4) is 17.2 Å². The highest BCUT2D eigenvalue weighted by Crippen LogP contribution is 2.45. The Kier molecular flexibility index (Phi) is 5.60. The molecule has 0 bridgehead atoms. The molecule has 1 atom stereocenters. The van der Waals surface area contributed by atoms with Crippen LogP contribution in [0.2, 0.25) is 0 Å². The largest absolute Gasteiger partial charge is 0.493 e. The van der Waals surface area contributed by atoms with Gasteiger partial charge in [-0.15, -0.1) is 11.3 Å². The van der Waals surface area contributed by atoms with Crippen LogP contribution in [0.15, 0.2) is 29.6 Å². The molecule has 0 spiro atoms. The van der Waals surface area contributed by atoms with Gasteiger partial charge < -0.3 is 19.5 Å². The summed E-state index contributed by atoms with van der Waals surface area (Å²) in [4.78, 5) is 3.80. The molecule has 1 saturated heterocycles. The van der Waals surface area contributed by atoms with Crippen LogP contribution in [-0.4, -0.2) is 52.4 Å². The molecule has 1 aliphatic rings. The van der Waals surface area contributed by atoms with E-state index in [2.05, 4.69) is 33.8 Å². The predicted octanol–water partition coefficient (Wildman–Crippen LogP) is 2.77. The molecule has 24 heavy (non-hydrogen) atoms. The van der Waals surface area contributed by atoms with Crippen molar-refractivity contribution in [1.82, 2.24) is 10.2 Å². The Morgan fingerprint density at radius 3 is 2.33 bits per heavy atom. The van der Waals surface area contributed by atoms with E-state index >= 15 is 0 Å². The van der Waals surface area contributed by atoms with Crippen LogP contribution in [0.5, 0.6) is 17.2 Å². The maximum absolute atomic E-state index is 5.74. The van der Waals surface area contributed by atoms with E-state index < -0.39 is 0 Å². The van der Waals surface area contributed by atoms with E-state index in [1.54, 1.807) is 32.7 Å². The molecular formula is C18H24N2O3S. The summed E-state index contributed by atoms with van der Waals surface area (Å²) in [6.45, 7) is 4.00. The van der Waals surface area contributed by atoms with Gasteiger partial charge in [-0.05, 0) is 23.6 Å². The number of hydrogen-bond acceptors (Lipinski definition) is 6. The van der Waals surface area contributed by atoms with Crippen LogP contribution in [0.4, 0.5) is 0 Å². The molecule has 1 N–H and O–H groups in total. The Morgan fingerprint density at radius 2 is 1.75 bits per heavy atom. The molecule has 6 heteroatoms. The van der Waals surface area contributed by atoms with Gasteiger partial charge in [0, 0.05) is 36.6 Å². The summed E-state index contributed by atoms with van der Waals surface area (Å²) < 4.78 is 16.7. The van der Waals surface area contributed by atoms with Crippen LogP contribution in [-0.2, 0) is 0 Å². The van der Waals surface area contributed by atoms with Crippen molar-refractivity contribution < 1.29 is 14.2 Å². The number of methoxy groups -OCH3 is 3. The molecule has 1 fully saturated rings. The summed E-state index contributed by atoms with van der Waals surface area (Å²) in [7, 11) is 4.98. The molecule has 1 unspecified atom stereocenters. The van der Waals surface area contributed by atoms with Gasteiger partial charge in [0.25, 0.3) is 0 Å². The number of nitrogens with zero attached hydrogens (tertiary/aromatic N) is 1. The van der Waals surface area contributed by atoms with E-state index in [0.29, 0.717) is 11.5 Å². The van der Waals surface area contributed by atoms with Crippen molar-refractivity contribution in [2.45, 2.75) is 6.04 Å². The summed E-state index contributed by atoms with van der Waals surface area (Å²) in [5, 5.41) is 5.54. The van der Waals surface area contributed by atoms with Crippen molar-refractivity contribution in [3.63, 3.8) is 0 Å². The molecule has 0 aliphatic carbocycles. The molecule has 0 amide bonds. The normalized spacial score (nSPS) is 16.6. The van der Waals surface area contributed by atoms with E-state index in [1.165, 1.54) is 4.88 Å². The Hall–Kier alpha value is -1.76. The van der Waals surface area contributed by atoms with Gasteiger partial charge in [-0.1, -0.05) is 6.07 Å². The van der Waals surface area contributed by atoms with Gasteiger partial charge in [0.1, 0.15) is 0 Å². The SMILES string of the molecule is COc1ccc(C(c2cccs2)N2CCNCC2)c(OC)c1OC. The van der Waals surface area contributed by atoms with Gasteiger partial charge in [0.2, 0.25) is 5.75 Å². The third-order valence-electron chi connectivity index (χ3n) is 4.36. The lowest BCUT2D eigenvalue weighted by Crippen LogP contribution is -2.45. The molecule has 1 aromatic heterocycles. The summed E-state index contributed by atoms with van der Waals surface area (Å²) >= 11 is 1.77. The number of piperazine rings is 1. The van der Waals surface area contributed by atoms with Crippen LogP contribution in [0.1, 0.15) is 16.5 Å². The molecule has 0 radical (unpaired) electrons. The third-order valence-corrected chi connectivity index (χ3v) is 5.28. The minimum atomic E-state index is 0.154. The molecule has 5 nitrogen and oxygen atoms in total. The molecule has 130 valence electrons. The quantitative estimate of drug-likeness (QED) is 0.869. The topological polar surface area (TPSA) is 43.0 Å². The number of ether oxygens (including phenoxy) is 3. The van der Waals surface area contributed by atoms with Crippen LogP contribution in [0.3, 0.4) is 0 Å². The van der Waals surface area contributed by atoms with E-state index in [0.717, 1.165) is 37.5 Å². The predicted molar refractivity (Wildman–Crippen MR) is 96.7 cm³/mol. The minimum Gasteiger partial charge on any atom is -0.493 e. The molecule has 1 aromatic carbocycles. The maximum atomic E-state index is 5.74. The molecule has 0 saturated carbocycles. The van der Waals surface area contributed by atoms with Crippen molar-refractivity contribution in [2.75, 3.05) is 47.5 Å². The standard InChI is InChI=1S/C18H24N2O3S/c1-21-14-7-6-13(17(22-2)18(14)23-3)16(15-5-4-12-24-15)20-10-8-19-9-11-20/h4-7,12,16,19H,8-11H2,1-3H3.